The molecule has 0 saturated heterocycles. The van der Waals surface area contributed by atoms with E-state index in [-0.39, 0.29) is 5.92 Å². The summed E-state index contributed by atoms with van der Waals surface area (Å²) in [5.41, 5.74) is 0. The van der Waals surface area contributed by atoms with Crippen LogP contribution < -0.4 is 0 Å². The minimum Gasteiger partial charge on any atom is -0.396 e. The first-order valence-corrected chi connectivity index (χ1v) is 6.89. The molecule has 0 amide bonds. The molecular weight excluding hydrogens is 212 g/mol. The van der Waals surface area contributed by atoms with Crippen molar-refractivity contribution in [2.45, 2.75) is 51.5 Å². The van der Waals surface area contributed by atoms with Crippen LogP contribution in [0.4, 0.5) is 0 Å². The predicted octanol–water partition coefficient (Wildman–Crippen LogP) is 2.41. The Kier molecular flexibility index (Phi) is 6.54. The number of nitriles is 1. The zero-order chi connectivity index (χ0) is 12.7. The number of unbranched alkanes of at least 4 members (excludes halogenated alkanes) is 2. The lowest BCUT2D eigenvalue weighted by atomic mass is 9.79. The van der Waals surface area contributed by atoms with Gasteiger partial charge < -0.3 is 10.0 Å². The molecule has 1 aliphatic rings. The highest BCUT2D eigenvalue weighted by Crippen LogP contribution is 2.31. The van der Waals surface area contributed by atoms with Crippen LogP contribution in [0.1, 0.15) is 45.4 Å². The molecule has 3 unspecified atom stereocenters. The summed E-state index contributed by atoms with van der Waals surface area (Å²) in [7, 11) is 2.14. The van der Waals surface area contributed by atoms with Crippen molar-refractivity contribution in [1.82, 2.24) is 4.90 Å². The van der Waals surface area contributed by atoms with Crippen LogP contribution in [0.25, 0.3) is 0 Å². The maximum absolute atomic E-state index is 9.20. The fourth-order valence-electron chi connectivity index (χ4n) is 2.80. The van der Waals surface area contributed by atoms with Gasteiger partial charge in [0.25, 0.3) is 0 Å². The van der Waals surface area contributed by atoms with Crippen molar-refractivity contribution in [2.24, 2.45) is 11.8 Å². The average molecular weight is 238 g/mol. The van der Waals surface area contributed by atoms with Crippen molar-refractivity contribution in [3.05, 3.63) is 0 Å². The summed E-state index contributed by atoms with van der Waals surface area (Å²) >= 11 is 0. The minimum atomic E-state index is 0.217. The smallest absolute Gasteiger partial charge is 0.0672 e. The van der Waals surface area contributed by atoms with E-state index in [0.717, 1.165) is 44.6 Å². The van der Waals surface area contributed by atoms with E-state index in [1.165, 1.54) is 6.42 Å². The lowest BCUT2D eigenvalue weighted by molar-refractivity contribution is 0.128. The second-order valence-electron chi connectivity index (χ2n) is 5.49. The van der Waals surface area contributed by atoms with E-state index in [1.54, 1.807) is 0 Å². The van der Waals surface area contributed by atoms with E-state index in [9.17, 15) is 5.26 Å². The third kappa shape index (κ3) is 4.65. The van der Waals surface area contributed by atoms with Gasteiger partial charge in [-0.15, -0.1) is 0 Å². The fourth-order valence-corrected chi connectivity index (χ4v) is 2.80. The van der Waals surface area contributed by atoms with Gasteiger partial charge in [0.15, 0.2) is 0 Å². The predicted molar refractivity (Wildman–Crippen MR) is 69.5 cm³/mol. The van der Waals surface area contributed by atoms with Crippen LogP contribution in [0.5, 0.6) is 0 Å². The van der Waals surface area contributed by atoms with Crippen molar-refractivity contribution in [2.75, 3.05) is 20.2 Å². The Balaban J connectivity index is 2.36. The molecule has 0 spiro atoms. The van der Waals surface area contributed by atoms with E-state index in [2.05, 4.69) is 24.9 Å². The normalized spacial score (nSPS) is 29.2. The van der Waals surface area contributed by atoms with Crippen molar-refractivity contribution in [3.63, 3.8) is 0 Å². The maximum atomic E-state index is 9.20. The van der Waals surface area contributed by atoms with Gasteiger partial charge in [-0.2, -0.15) is 5.26 Å². The highest BCUT2D eigenvalue weighted by atomic mass is 16.2. The molecule has 0 bridgehead atoms. The molecule has 17 heavy (non-hydrogen) atoms. The van der Waals surface area contributed by atoms with Crippen LogP contribution in [0.2, 0.25) is 0 Å². The van der Waals surface area contributed by atoms with Crippen molar-refractivity contribution in [3.8, 4) is 6.07 Å². The molecule has 0 aromatic carbocycles. The highest BCUT2D eigenvalue weighted by molar-refractivity contribution is 4.96. The molecule has 1 rings (SSSR count). The van der Waals surface area contributed by atoms with E-state index < -0.39 is 0 Å². The zero-order valence-corrected chi connectivity index (χ0v) is 11.2. The van der Waals surface area contributed by atoms with Gasteiger partial charge in [-0.25, -0.2) is 0 Å². The van der Waals surface area contributed by atoms with Gasteiger partial charge in [0.2, 0.25) is 0 Å². The summed E-state index contributed by atoms with van der Waals surface area (Å²) in [6.07, 6.45) is 6.53. The molecule has 0 heterocycles. The minimum absolute atomic E-state index is 0.217. The average Bonchev–Trinajstić information content (AvgIpc) is 2.34. The third-order valence-corrected chi connectivity index (χ3v) is 3.98. The van der Waals surface area contributed by atoms with Gasteiger partial charge in [0.1, 0.15) is 0 Å². The number of hydrogen-bond acceptors (Lipinski definition) is 3. The summed E-state index contributed by atoms with van der Waals surface area (Å²) in [5, 5.41) is 17.9. The number of hydrogen-bond donors (Lipinski definition) is 1. The molecule has 98 valence electrons. The molecule has 0 aromatic heterocycles. The van der Waals surface area contributed by atoms with Gasteiger partial charge in [0.05, 0.1) is 12.0 Å². The maximum Gasteiger partial charge on any atom is 0.0672 e. The summed E-state index contributed by atoms with van der Waals surface area (Å²) in [6.45, 7) is 3.64. The highest BCUT2D eigenvalue weighted by Gasteiger charge is 2.30. The van der Waals surface area contributed by atoms with Gasteiger partial charge >= 0.3 is 0 Å². The van der Waals surface area contributed by atoms with Crippen molar-refractivity contribution < 1.29 is 5.11 Å². The van der Waals surface area contributed by atoms with Gasteiger partial charge in [-0.1, -0.05) is 6.92 Å². The van der Waals surface area contributed by atoms with Crippen LogP contribution in [-0.2, 0) is 0 Å². The number of aliphatic hydroxyl groups excluding tert-OH is 1. The Labute approximate surface area is 105 Å². The largest absolute Gasteiger partial charge is 0.396 e. The first kappa shape index (κ1) is 14.5. The fraction of sp³-hybridized carbons (Fsp3) is 0.929. The van der Waals surface area contributed by atoms with Crippen LogP contribution in [0.15, 0.2) is 0 Å². The van der Waals surface area contributed by atoms with Gasteiger partial charge in [-0.3, -0.25) is 0 Å². The molecule has 3 atom stereocenters. The molecule has 0 aliphatic heterocycles. The Morgan fingerprint density at radius 2 is 2.06 bits per heavy atom. The lowest BCUT2D eigenvalue weighted by Gasteiger charge is -2.37. The topological polar surface area (TPSA) is 47.3 Å². The second-order valence-corrected chi connectivity index (χ2v) is 5.49. The molecule has 1 aliphatic carbocycles. The molecule has 3 nitrogen and oxygen atoms in total. The van der Waals surface area contributed by atoms with E-state index in [1.807, 2.05) is 0 Å². The summed E-state index contributed by atoms with van der Waals surface area (Å²) in [4.78, 5) is 2.36. The second kappa shape index (κ2) is 7.68. The van der Waals surface area contributed by atoms with Crippen LogP contribution >= 0.6 is 0 Å². The number of nitrogens with zero attached hydrogens (tertiary/aromatic N) is 2. The quantitative estimate of drug-likeness (QED) is 0.723. The summed E-state index contributed by atoms with van der Waals surface area (Å²) in [6, 6.07) is 2.92. The van der Waals surface area contributed by atoms with Crippen LogP contribution in [-0.4, -0.2) is 36.2 Å². The Bertz CT molecular complexity index is 249. The van der Waals surface area contributed by atoms with Crippen LogP contribution in [0, 0.1) is 23.2 Å². The van der Waals surface area contributed by atoms with Crippen molar-refractivity contribution in [1.29, 1.82) is 5.26 Å². The Morgan fingerprint density at radius 1 is 1.29 bits per heavy atom. The summed E-state index contributed by atoms with van der Waals surface area (Å²) in [5.74, 6) is 0.971. The molecule has 1 N–H and O–H groups in total. The van der Waals surface area contributed by atoms with E-state index in [4.69, 9.17) is 5.11 Å². The van der Waals surface area contributed by atoms with Crippen molar-refractivity contribution >= 4 is 0 Å². The van der Waals surface area contributed by atoms with Gasteiger partial charge in [0, 0.05) is 12.6 Å². The molecular formula is C14H26N2O. The third-order valence-electron chi connectivity index (χ3n) is 3.98. The Morgan fingerprint density at radius 3 is 2.71 bits per heavy atom. The molecule has 1 fully saturated rings. The molecule has 1 saturated carbocycles. The molecule has 0 aromatic rings. The standard InChI is InChI=1S/C14H26N2O/c1-12-6-7-13(11-15)14(10-12)16(2)8-4-3-5-9-17/h12-14,17H,3-10H2,1-2H3. The number of aliphatic hydroxyl groups is 1. The van der Waals surface area contributed by atoms with Crippen LogP contribution in [0.3, 0.4) is 0 Å². The Hall–Kier alpha value is -0.590. The monoisotopic (exact) mass is 238 g/mol. The van der Waals surface area contributed by atoms with E-state index >= 15 is 0 Å². The first-order valence-electron chi connectivity index (χ1n) is 6.89. The molecule has 0 radical (unpaired) electrons. The summed E-state index contributed by atoms with van der Waals surface area (Å²) < 4.78 is 0. The first-order chi connectivity index (χ1) is 8.19. The zero-order valence-electron chi connectivity index (χ0n) is 11.2. The lowest BCUT2D eigenvalue weighted by Crippen LogP contribution is -2.41. The van der Waals surface area contributed by atoms with Gasteiger partial charge in [-0.05, 0) is 58.0 Å². The number of rotatable bonds is 6. The van der Waals surface area contributed by atoms with E-state index in [0.29, 0.717) is 12.6 Å². The SMILES string of the molecule is CC1CCC(C#N)C(N(C)CCCCCO)C1. The molecule has 3 heteroatoms.